The van der Waals surface area contributed by atoms with Crippen LogP contribution in [0.15, 0.2) is 59.6 Å². The lowest BCUT2D eigenvalue weighted by Gasteiger charge is -2.13. The second-order valence-electron chi connectivity index (χ2n) is 5.76. The van der Waals surface area contributed by atoms with Gasteiger partial charge in [-0.05, 0) is 55.5 Å². The molecule has 3 rings (SSSR count). The number of thioether (sulfide) groups is 1. The second kappa shape index (κ2) is 8.87. The highest BCUT2D eigenvalue weighted by Gasteiger charge is 2.08. The van der Waals surface area contributed by atoms with E-state index in [0.717, 1.165) is 34.6 Å². The topological polar surface area (TPSA) is 46.2 Å². The van der Waals surface area contributed by atoms with Crippen molar-refractivity contribution in [3.63, 3.8) is 0 Å². The first-order valence-corrected chi connectivity index (χ1v) is 9.73. The van der Waals surface area contributed by atoms with Crippen LogP contribution < -0.4 is 15.4 Å². The van der Waals surface area contributed by atoms with Gasteiger partial charge in [-0.25, -0.2) is 0 Å². The summed E-state index contributed by atoms with van der Waals surface area (Å²) < 4.78 is 5.37. The molecule has 0 saturated heterocycles. The molecule has 0 saturated carbocycles. The van der Waals surface area contributed by atoms with Crippen LogP contribution in [-0.2, 0) is 0 Å². The monoisotopic (exact) mass is 383 g/mol. The van der Waals surface area contributed by atoms with Crippen molar-refractivity contribution in [1.29, 1.82) is 0 Å². The summed E-state index contributed by atoms with van der Waals surface area (Å²) in [6.45, 7) is 2.88. The number of benzene rings is 2. The third kappa shape index (κ3) is 4.65. The fourth-order valence-electron chi connectivity index (χ4n) is 2.55. The van der Waals surface area contributed by atoms with Crippen LogP contribution in [0.5, 0.6) is 5.75 Å². The predicted molar refractivity (Wildman–Crippen MR) is 114 cm³/mol. The number of nitrogens with zero attached hydrogens (tertiary/aromatic N) is 1. The minimum atomic E-state index is 0.602. The molecule has 0 spiro atoms. The summed E-state index contributed by atoms with van der Waals surface area (Å²) >= 11 is 7.23. The van der Waals surface area contributed by atoms with Gasteiger partial charge in [0.15, 0.2) is 5.11 Å². The number of methoxy groups -OCH3 is 1. The number of aryl methyl sites for hydroxylation is 1. The van der Waals surface area contributed by atoms with E-state index in [-0.39, 0.29) is 0 Å². The number of anilines is 1. The van der Waals surface area contributed by atoms with Gasteiger partial charge in [-0.1, -0.05) is 17.7 Å². The molecular weight excluding hydrogens is 362 g/mol. The highest BCUT2D eigenvalue weighted by molar-refractivity contribution is 7.99. The van der Waals surface area contributed by atoms with Gasteiger partial charge in [0, 0.05) is 34.5 Å². The van der Waals surface area contributed by atoms with Crippen molar-refractivity contribution in [3.05, 3.63) is 60.3 Å². The van der Waals surface area contributed by atoms with Crippen LogP contribution in [0.2, 0.25) is 0 Å². The molecule has 0 radical (unpaired) electrons. The summed E-state index contributed by atoms with van der Waals surface area (Å²) in [7, 11) is 1.65. The molecular formula is C20H21N3OS2. The Labute approximate surface area is 163 Å². The van der Waals surface area contributed by atoms with Gasteiger partial charge < -0.3 is 15.4 Å². The zero-order valence-corrected chi connectivity index (χ0v) is 16.4. The first-order chi connectivity index (χ1) is 12.7. The average Bonchev–Trinajstić information content (AvgIpc) is 2.67. The Kier molecular flexibility index (Phi) is 6.30. The Morgan fingerprint density at radius 2 is 1.96 bits per heavy atom. The highest BCUT2D eigenvalue weighted by Crippen LogP contribution is 2.29. The maximum atomic E-state index is 5.42. The molecule has 1 aromatic heterocycles. The molecule has 1 heterocycles. The fraction of sp³-hybridized carbons (Fsp3) is 0.200. The van der Waals surface area contributed by atoms with E-state index in [9.17, 15) is 0 Å². The zero-order valence-electron chi connectivity index (χ0n) is 14.8. The Morgan fingerprint density at radius 3 is 2.73 bits per heavy atom. The lowest BCUT2D eigenvalue weighted by Crippen LogP contribution is -2.30. The van der Waals surface area contributed by atoms with E-state index in [2.05, 4.69) is 46.8 Å². The standard InChI is InChI=1S/C20H21N3OS2/c1-14-5-7-15(8-6-14)26-13-12-22-20(25)23-17-9-10-18(24-2)19-16(17)4-3-11-21-19/h3-11H,12-13H2,1-2H3,(H2,22,23,25). The van der Waals surface area contributed by atoms with Gasteiger partial charge in [-0.2, -0.15) is 0 Å². The van der Waals surface area contributed by atoms with Crippen molar-refractivity contribution in [1.82, 2.24) is 10.3 Å². The number of fused-ring (bicyclic) bond motifs is 1. The van der Waals surface area contributed by atoms with E-state index in [1.165, 1.54) is 10.5 Å². The van der Waals surface area contributed by atoms with Gasteiger partial charge in [0.05, 0.1) is 7.11 Å². The summed E-state index contributed by atoms with van der Waals surface area (Å²) in [5.41, 5.74) is 3.01. The number of thiocarbonyl (C=S) groups is 1. The van der Waals surface area contributed by atoms with Gasteiger partial charge in [0.2, 0.25) is 0 Å². The largest absolute Gasteiger partial charge is 0.494 e. The first kappa shape index (κ1) is 18.5. The van der Waals surface area contributed by atoms with Gasteiger partial charge >= 0.3 is 0 Å². The van der Waals surface area contributed by atoms with Crippen LogP contribution in [0.25, 0.3) is 10.9 Å². The molecule has 0 fully saturated rings. The number of pyridine rings is 1. The molecule has 0 bridgehead atoms. The predicted octanol–water partition coefficient (Wildman–Crippen LogP) is 4.63. The Bertz CT molecular complexity index is 897. The van der Waals surface area contributed by atoms with Gasteiger partial charge in [0.25, 0.3) is 0 Å². The number of aromatic nitrogens is 1. The smallest absolute Gasteiger partial charge is 0.170 e. The zero-order chi connectivity index (χ0) is 18.4. The minimum absolute atomic E-state index is 0.602. The summed E-state index contributed by atoms with van der Waals surface area (Å²) in [6.07, 6.45) is 1.76. The lowest BCUT2D eigenvalue weighted by molar-refractivity contribution is 0.419. The first-order valence-electron chi connectivity index (χ1n) is 8.33. The molecule has 134 valence electrons. The maximum Gasteiger partial charge on any atom is 0.170 e. The number of hydrogen-bond acceptors (Lipinski definition) is 4. The average molecular weight is 384 g/mol. The minimum Gasteiger partial charge on any atom is -0.494 e. The second-order valence-corrected chi connectivity index (χ2v) is 7.33. The van der Waals surface area contributed by atoms with E-state index < -0.39 is 0 Å². The number of ether oxygens (including phenoxy) is 1. The van der Waals surface area contributed by atoms with E-state index in [4.69, 9.17) is 17.0 Å². The summed E-state index contributed by atoms with van der Waals surface area (Å²) in [6, 6.07) is 16.3. The van der Waals surface area contributed by atoms with Crippen LogP contribution in [0.4, 0.5) is 5.69 Å². The molecule has 0 aliphatic carbocycles. The normalized spacial score (nSPS) is 10.5. The van der Waals surface area contributed by atoms with Crippen molar-refractivity contribution in [3.8, 4) is 5.75 Å². The molecule has 6 heteroatoms. The highest BCUT2D eigenvalue weighted by atomic mass is 32.2. The van der Waals surface area contributed by atoms with E-state index >= 15 is 0 Å². The van der Waals surface area contributed by atoms with E-state index in [0.29, 0.717) is 5.11 Å². The van der Waals surface area contributed by atoms with E-state index in [1.54, 1.807) is 13.3 Å². The number of hydrogen-bond donors (Lipinski definition) is 2. The van der Waals surface area contributed by atoms with Gasteiger partial charge in [-0.15, -0.1) is 11.8 Å². The molecule has 26 heavy (non-hydrogen) atoms. The molecule has 0 aliphatic rings. The Hall–Kier alpha value is -2.31. The van der Waals surface area contributed by atoms with Gasteiger partial charge in [-0.3, -0.25) is 4.98 Å². The third-order valence-electron chi connectivity index (χ3n) is 3.88. The van der Waals surface area contributed by atoms with Crippen LogP contribution in [0, 0.1) is 6.92 Å². The van der Waals surface area contributed by atoms with Crippen molar-refractivity contribution < 1.29 is 4.74 Å². The molecule has 4 nitrogen and oxygen atoms in total. The summed E-state index contributed by atoms with van der Waals surface area (Å²) in [4.78, 5) is 5.67. The number of rotatable bonds is 6. The molecule has 0 aliphatic heterocycles. The maximum absolute atomic E-state index is 5.42. The quantitative estimate of drug-likeness (QED) is 0.368. The van der Waals surface area contributed by atoms with Crippen LogP contribution in [0.3, 0.4) is 0 Å². The van der Waals surface area contributed by atoms with Crippen molar-refractivity contribution >= 4 is 45.7 Å². The summed E-state index contributed by atoms with van der Waals surface area (Å²) in [5, 5.41) is 8.09. The van der Waals surface area contributed by atoms with Gasteiger partial charge in [0.1, 0.15) is 11.3 Å². The SMILES string of the molecule is COc1ccc(NC(=S)NCCSc2ccc(C)cc2)c2cccnc12. The van der Waals surface area contributed by atoms with Crippen LogP contribution in [-0.4, -0.2) is 29.5 Å². The third-order valence-corrected chi connectivity index (χ3v) is 5.14. The van der Waals surface area contributed by atoms with Crippen LogP contribution in [0.1, 0.15) is 5.56 Å². The lowest BCUT2D eigenvalue weighted by atomic mass is 10.1. The van der Waals surface area contributed by atoms with Crippen molar-refractivity contribution in [2.45, 2.75) is 11.8 Å². The Morgan fingerprint density at radius 1 is 1.15 bits per heavy atom. The van der Waals surface area contributed by atoms with E-state index in [1.807, 2.05) is 36.0 Å². The van der Waals surface area contributed by atoms with Crippen molar-refractivity contribution in [2.75, 3.05) is 24.7 Å². The van der Waals surface area contributed by atoms with Crippen molar-refractivity contribution in [2.24, 2.45) is 0 Å². The molecule has 2 aromatic carbocycles. The molecule has 0 atom stereocenters. The molecule has 0 amide bonds. The molecule has 0 unspecified atom stereocenters. The fourth-order valence-corrected chi connectivity index (χ4v) is 3.54. The molecule has 3 aromatic rings. The van der Waals surface area contributed by atoms with Crippen LogP contribution >= 0.6 is 24.0 Å². The molecule has 2 N–H and O–H groups in total. The Balaban J connectivity index is 1.55. The number of nitrogens with one attached hydrogen (secondary N) is 2. The summed E-state index contributed by atoms with van der Waals surface area (Å²) in [5.74, 6) is 1.69.